The van der Waals surface area contributed by atoms with Gasteiger partial charge in [0.25, 0.3) is 5.91 Å². The number of nitrogens with zero attached hydrogens (tertiary/aromatic N) is 1. The molecule has 0 aliphatic rings. The predicted octanol–water partition coefficient (Wildman–Crippen LogP) is 2.99. The Morgan fingerprint density at radius 2 is 1.94 bits per heavy atom. The van der Waals surface area contributed by atoms with Gasteiger partial charge in [-0.25, -0.2) is 9.78 Å². The fourth-order valence-corrected chi connectivity index (χ4v) is 3.69. The first-order valence-electron chi connectivity index (χ1n) is 11.1. The highest BCUT2D eigenvalue weighted by atomic mass is 32.2. The molecular formula is C24H34N4O4S2. The third kappa shape index (κ3) is 8.41. The van der Waals surface area contributed by atoms with Gasteiger partial charge in [0, 0.05) is 23.9 Å². The van der Waals surface area contributed by atoms with Crippen LogP contribution >= 0.6 is 24.4 Å². The number of pyridine rings is 1. The second-order valence-corrected chi connectivity index (χ2v) is 8.97. The van der Waals surface area contributed by atoms with E-state index in [1.807, 2.05) is 55.6 Å². The number of methoxy groups -OCH3 is 1. The van der Waals surface area contributed by atoms with E-state index in [4.69, 9.17) is 15.2 Å². The molecule has 2 rings (SSSR count). The second-order valence-electron chi connectivity index (χ2n) is 7.62. The Hall–Kier alpha value is -2.43. The molecule has 0 aliphatic heterocycles. The van der Waals surface area contributed by atoms with Crippen LogP contribution in [0.2, 0.25) is 0 Å². The first kappa shape index (κ1) is 27.8. The molecule has 0 saturated heterocycles. The van der Waals surface area contributed by atoms with Crippen molar-refractivity contribution < 1.29 is 19.1 Å². The van der Waals surface area contributed by atoms with Crippen molar-refractivity contribution in [3.8, 4) is 17.1 Å². The molecule has 1 heterocycles. The van der Waals surface area contributed by atoms with Gasteiger partial charge in [-0.05, 0) is 37.0 Å². The lowest BCUT2D eigenvalue weighted by atomic mass is 10.1. The zero-order valence-electron chi connectivity index (χ0n) is 19.8. The number of thiol groups is 1. The molecule has 0 aliphatic carbocycles. The summed E-state index contributed by atoms with van der Waals surface area (Å²) in [7, 11) is 1.31. The quantitative estimate of drug-likeness (QED) is 0.228. The molecule has 1 amide bonds. The number of hydrogen-bond donors (Lipinski definition) is 4. The van der Waals surface area contributed by atoms with E-state index in [0.717, 1.165) is 5.56 Å². The van der Waals surface area contributed by atoms with E-state index in [9.17, 15) is 9.59 Å². The molecule has 3 atom stereocenters. The third-order valence-corrected chi connectivity index (χ3v) is 6.16. The van der Waals surface area contributed by atoms with E-state index in [2.05, 4.69) is 28.2 Å². The number of anilines is 1. The van der Waals surface area contributed by atoms with Crippen molar-refractivity contribution in [2.75, 3.05) is 36.7 Å². The Morgan fingerprint density at radius 1 is 1.21 bits per heavy atom. The summed E-state index contributed by atoms with van der Waals surface area (Å²) in [6, 6.07) is 12.5. The SMILES string of the molecule is CCC(Oc1nc(-c2ccccc2)ccc1NCC(N)CS)C(=O)NC(CCSC)C(=O)OC. The van der Waals surface area contributed by atoms with Crippen LogP contribution in [0.25, 0.3) is 11.3 Å². The van der Waals surface area contributed by atoms with E-state index >= 15 is 0 Å². The zero-order chi connectivity index (χ0) is 24.9. The number of thioether (sulfide) groups is 1. The number of benzene rings is 1. The maximum Gasteiger partial charge on any atom is 0.328 e. The van der Waals surface area contributed by atoms with Gasteiger partial charge in [0.15, 0.2) is 6.10 Å². The zero-order valence-corrected chi connectivity index (χ0v) is 21.5. The summed E-state index contributed by atoms with van der Waals surface area (Å²) in [5.74, 6) is 0.628. The van der Waals surface area contributed by atoms with E-state index in [0.29, 0.717) is 42.3 Å². The van der Waals surface area contributed by atoms with Crippen molar-refractivity contribution in [1.82, 2.24) is 10.3 Å². The van der Waals surface area contributed by atoms with Crippen molar-refractivity contribution in [2.24, 2.45) is 5.73 Å². The molecule has 10 heteroatoms. The molecule has 1 aromatic heterocycles. The lowest BCUT2D eigenvalue weighted by Crippen LogP contribution is -2.47. The van der Waals surface area contributed by atoms with Gasteiger partial charge < -0.3 is 25.8 Å². The summed E-state index contributed by atoms with van der Waals surface area (Å²) < 4.78 is 10.9. The highest BCUT2D eigenvalue weighted by molar-refractivity contribution is 7.98. The summed E-state index contributed by atoms with van der Waals surface area (Å²) in [5.41, 5.74) is 8.25. The van der Waals surface area contributed by atoms with Crippen LogP contribution in [0.3, 0.4) is 0 Å². The average molecular weight is 507 g/mol. The highest BCUT2D eigenvalue weighted by Gasteiger charge is 2.27. The van der Waals surface area contributed by atoms with Crippen molar-refractivity contribution >= 4 is 42.0 Å². The molecule has 2 aromatic rings. The standard InChI is InChI=1S/C24H34N4O4S2/c1-4-21(22(29)27-20(12-13-34-3)24(30)31-2)32-23-19(26-14-17(25)15-33)11-10-18(28-23)16-8-6-5-7-9-16/h5-11,17,20-21,26,33H,4,12-15,25H2,1-3H3,(H,27,29). The van der Waals surface area contributed by atoms with Crippen molar-refractivity contribution in [2.45, 2.75) is 38.0 Å². The van der Waals surface area contributed by atoms with Gasteiger partial charge >= 0.3 is 5.97 Å². The van der Waals surface area contributed by atoms with Crippen molar-refractivity contribution in [1.29, 1.82) is 0 Å². The smallest absolute Gasteiger partial charge is 0.328 e. The van der Waals surface area contributed by atoms with Gasteiger partial charge in [-0.1, -0.05) is 37.3 Å². The molecule has 1 aromatic carbocycles. The van der Waals surface area contributed by atoms with Gasteiger partial charge in [0.1, 0.15) is 6.04 Å². The first-order chi connectivity index (χ1) is 16.4. The minimum absolute atomic E-state index is 0.160. The minimum Gasteiger partial charge on any atom is -0.467 e. The van der Waals surface area contributed by atoms with E-state index < -0.39 is 24.0 Å². The van der Waals surface area contributed by atoms with Gasteiger partial charge in [-0.3, -0.25) is 4.79 Å². The van der Waals surface area contributed by atoms with Crippen LogP contribution in [0.4, 0.5) is 5.69 Å². The topological polar surface area (TPSA) is 116 Å². The number of carbonyl (C=O) groups excluding carboxylic acids is 2. The Morgan fingerprint density at radius 3 is 2.56 bits per heavy atom. The number of amides is 1. The van der Waals surface area contributed by atoms with Crippen LogP contribution in [-0.2, 0) is 14.3 Å². The van der Waals surface area contributed by atoms with Gasteiger partial charge in [0.2, 0.25) is 5.88 Å². The second kappa shape index (κ2) is 14.7. The summed E-state index contributed by atoms with van der Waals surface area (Å²) in [6.07, 6.45) is 1.94. The molecular weight excluding hydrogens is 472 g/mol. The highest BCUT2D eigenvalue weighted by Crippen LogP contribution is 2.28. The van der Waals surface area contributed by atoms with Crippen LogP contribution in [0.15, 0.2) is 42.5 Å². The monoisotopic (exact) mass is 506 g/mol. The van der Waals surface area contributed by atoms with Crippen LogP contribution in [0.5, 0.6) is 5.88 Å². The average Bonchev–Trinajstić information content (AvgIpc) is 2.88. The number of esters is 1. The van der Waals surface area contributed by atoms with Crippen molar-refractivity contribution in [3.63, 3.8) is 0 Å². The molecule has 0 spiro atoms. The number of nitrogens with two attached hydrogens (primary N) is 1. The van der Waals surface area contributed by atoms with E-state index in [1.54, 1.807) is 11.8 Å². The van der Waals surface area contributed by atoms with Gasteiger partial charge in [-0.15, -0.1) is 0 Å². The molecule has 4 N–H and O–H groups in total. The maximum atomic E-state index is 13.0. The normalized spacial score (nSPS) is 13.4. The molecule has 0 fully saturated rings. The van der Waals surface area contributed by atoms with Gasteiger partial charge in [-0.2, -0.15) is 24.4 Å². The Balaban J connectivity index is 2.27. The Labute approximate surface area is 211 Å². The van der Waals surface area contributed by atoms with E-state index in [-0.39, 0.29) is 11.9 Å². The van der Waals surface area contributed by atoms with E-state index in [1.165, 1.54) is 7.11 Å². The fourth-order valence-electron chi connectivity index (χ4n) is 3.09. The van der Waals surface area contributed by atoms with Crippen LogP contribution in [0.1, 0.15) is 19.8 Å². The van der Waals surface area contributed by atoms with Crippen molar-refractivity contribution in [3.05, 3.63) is 42.5 Å². The lowest BCUT2D eigenvalue weighted by Gasteiger charge is -2.23. The number of hydrogen-bond acceptors (Lipinski definition) is 9. The molecule has 34 heavy (non-hydrogen) atoms. The first-order valence-corrected chi connectivity index (χ1v) is 13.2. The number of nitrogens with one attached hydrogen (secondary N) is 2. The summed E-state index contributed by atoms with van der Waals surface area (Å²) in [5, 5.41) is 6.01. The van der Waals surface area contributed by atoms with Crippen LogP contribution < -0.4 is 21.1 Å². The third-order valence-electron chi connectivity index (χ3n) is 5.05. The van der Waals surface area contributed by atoms with Crippen LogP contribution in [0, 0.1) is 0 Å². The molecule has 3 unspecified atom stereocenters. The predicted molar refractivity (Wildman–Crippen MR) is 142 cm³/mol. The number of aromatic nitrogens is 1. The number of carbonyl (C=O) groups is 2. The summed E-state index contributed by atoms with van der Waals surface area (Å²) in [6.45, 7) is 2.30. The molecule has 0 saturated carbocycles. The molecule has 0 bridgehead atoms. The number of ether oxygens (including phenoxy) is 2. The molecule has 0 radical (unpaired) electrons. The Kier molecular flexibility index (Phi) is 12.1. The maximum absolute atomic E-state index is 13.0. The minimum atomic E-state index is -0.848. The Bertz CT molecular complexity index is 917. The summed E-state index contributed by atoms with van der Waals surface area (Å²) in [4.78, 5) is 29.8. The van der Waals surface area contributed by atoms with Gasteiger partial charge in [0.05, 0.1) is 18.5 Å². The largest absolute Gasteiger partial charge is 0.467 e. The lowest BCUT2D eigenvalue weighted by molar-refractivity contribution is -0.146. The molecule has 186 valence electrons. The number of rotatable bonds is 14. The van der Waals surface area contributed by atoms with Crippen LogP contribution in [-0.4, -0.2) is 66.5 Å². The fraction of sp³-hybridized carbons (Fsp3) is 0.458. The summed E-state index contributed by atoms with van der Waals surface area (Å²) >= 11 is 5.81. The molecule has 8 nitrogen and oxygen atoms in total.